The number of esters is 2. The molecule has 0 saturated carbocycles. The van der Waals surface area contributed by atoms with Crippen LogP contribution in [0.25, 0.3) is 10.4 Å². The van der Waals surface area contributed by atoms with Crippen LogP contribution in [0.5, 0.6) is 5.75 Å². The van der Waals surface area contributed by atoms with E-state index in [1.807, 2.05) is 42.6 Å². The van der Waals surface area contributed by atoms with Crippen LogP contribution in [-0.4, -0.2) is 87.2 Å². The van der Waals surface area contributed by atoms with E-state index >= 15 is 0 Å². The molecular formula is C45H55BN2O13S3. The van der Waals surface area contributed by atoms with E-state index in [0.717, 1.165) is 16.7 Å². The number of hydrogen-bond acceptors (Lipinski definition) is 15. The Labute approximate surface area is 383 Å². The van der Waals surface area contributed by atoms with E-state index in [0.29, 0.717) is 16.8 Å². The number of benzene rings is 3. The summed E-state index contributed by atoms with van der Waals surface area (Å²) in [6, 6.07) is 26.1. The van der Waals surface area contributed by atoms with Gasteiger partial charge in [0.1, 0.15) is 33.9 Å². The van der Waals surface area contributed by atoms with Crippen molar-refractivity contribution in [2.45, 2.75) is 89.5 Å². The molecule has 19 heteroatoms. The standard InChI is InChI=1S/C22H27NO7S.C19H23NO4S.C4H5BO2S/c1-15-6-12-18(13-7-15)31(26,27)30-17-10-8-16(9-11-17)14-19(20(24)28-5)23-21(25)29-22(2,3)4;1-19(2,3)24-18(22)20-15(17(21)23-4)12-13-7-9-14(10-8-13)16-6-5-11-25-16;6-5(7)4-2-1-3-8-4/h6-13,19H,14H2,1-5H3,(H,23,25);5-11,15H,12H2,1-4H3,(H,20,22);1-3,6-7H/t19-;15-;/m00./s1. The average Bonchev–Trinajstić information content (AvgIpc) is 3.97. The Morgan fingerprint density at radius 1 is 0.656 bits per heavy atom. The highest BCUT2D eigenvalue weighted by molar-refractivity contribution is 7.87. The molecule has 0 unspecified atom stereocenters. The fourth-order valence-corrected chi connectivity index (χ4v) is 7.55. The summed E-state index contributed by atoms with van der Waals surface area (Å²) in [5.74, 6) is -1.01. The molecule has 0 fully saturated rings. The highest BCUT2D eigenvalue weighted by Gasteiger charge is 2.27. The van der Waals surface area contributed by atoms with E-state index in [9.17, 15) is 27.6 Å². The number of alkyl carbamates (subject to hydrolysis) is 2. The van der Waals surface area contributed by atoms with Gasteiger partial charge in [-0.05, 0) is 106 Å². The van der Waals surface area contributed by atoms with Gasteiger partial charge in [-0.25, -0.2) is 19.2 Å². The molecule has 64 heavy (non-hydrogen) atoms. The molecule has 3 aromatic carbocycles. The summed E-state index contributed by atoms with van der Waals surface area (Å²) in [4.78, 5) is 49.2. The topological polar surface area (TPSA) is 213 Å². The smallest absolute Gasteiger partial charge is 0.467 e. The van der Waals surface area contributed by atoms with Crippen LogP contribution in [-0.2, 0) is 51.5 Å². The van der Waals surface area contributed by atoms with Gasteiger partial charge in [0.2, 0.25) is 0 Å². The normalized spacial score (nSPS) is 12.0. The molecule has 0 bridgehead atoms. The van der Waals surface area contributed by atoms with Crippen molar-refractivity contribution in [3.63, 3.8) is 0 Å². The van der Waals surface area contributed by atoms with E-state index in [4.69, 9.17) is 33.2 Å². The third-order valence-electron chi connectivity index (χ3n) is 8.23. The van der Waals surface area contributed by atoms with Crippen molar-refractivity contribution in [2.24, 2.45) is 0 Å². The molecule has 0 aliphatic carbocycles. The first-order valence-electron chi connectivity index (χ1n) is 19.8. The number of amides is 2. The minimum absolute atomic E-state index is 0.0505. The lowest BCUT2D eigenvalue weighted by atomic mass is 9.90. The molecule has 0 aliphatic heterocycles. The number of aryl methyl sites for hydroxylation is 1. The van der Waals surface area contributed by atoms with Crippen LogP contribution in [0.2, 0.25) is 0 Å². The van der Waals surface area contributed by atoms with Gasteiger partial charge in [0, 0.05) is 22.5 Å². The quantitative estimate of drug-likeness (QED) is 0.0413. The Balaban J connectivity index is 0.000000294. The maximum atomic E-state index is 12.4. The highest BCUT2D eigenvalue weighted by atomic mass is 32.2. The first-order chi connectivity index (χ1) is 30.0. The highest BCUT2D eigenvalue weighted by Crippen LogP contribution is 2.25. The lowest BCUT2D eigenvalue weighted by Gasteiger charge is -2.22. The van der Waals surface area contributed by atoms with Crippen LogP contribution in [0, 0.1) is 6.92 Å². The zero-order chi connectivity index (χ0) is 47.7. The number of carbonyl (C=O) groups is 4. The van der Waals surface area contributed by atoms with Crippen molar-refractivity contribution in [1.29, 1.82) is 0 Å². The molecule has 2 amide bonds. The maximum Gasteiger partial charge on any atom is 0.499 e. The van der Waals surface area contributed by atoms with Gasteiger partial charge in [-0.3, -0.25) is 0 Å². The van der Waals surface area contributed by atoms with Gasteiger partial charge in [0.15, 0.2) is 0 Å². The second-order valence-corrected chi connectivity index (χ2v) is 19.4. The fraction of sp³-hybridized carbons (Fsp3) is 0.333. The second-order valence-electron chi connectivity index (χ2n) is 15.9. The summed E-state index contributed by atoms with van der Waals surface area (Å²) in [6.45, 7) is 12.3. The van der Waals surface area contributed by atoms with Gasteiger partial charge in [-0.2, -0.15) is 19.8 Å². The predicted molar refractivity (Wildman–Crippen MR) is 247 cm³/mol. The largest absolute Gasteiger partial charge is 0.499 e. The van der Waals surface area contributed by atoms with Crippen molar-refractivity contribution in [1.82, 2.24) is 10.6 Å². The van der Waals surface area contributed by atoms with Crippen LogP contribution >= 0.6 is 22.7 Å². The third kappa shape index (κ3) is 18.9. The lowest BCUT2D eigenvalue weighted by Crippen LogP contribution is -2.45. The molecule has 2 aromatic heterocycles. The Kier molecular flexibility index (Phi) is 20.0. The summed E-state index contributed by atoms with van der Waals surface area (Å²) in [5.41, 5.74) is 2.29. The minimum Gasteiger partial charge on any atom is -0.467 e. The zero-order valence-electron chi connectivity index (χ0n) is 37.1. The molecular weight excluding hydrogens is 884 g/mol. The van der Waals surface area contributed by atoms with Crippen molar-refractivity contribution in [3.05, 3.63) is 125 Å². The first kappa shape index (κ1) is 52.6. The summed E-state index contributed by atoms with van der Waals surface area (Å²) in [6.07, 6.45) is -0.932. The number of methoxy groups -OCH3 is 2. The number of rotatable bonds is 13. The fourth-order valence-electron chi connectivity index (χ4n) is 5.29. The molecule has 15 nitrogen and oxygen atoms in total. The predicted octanol–water partition coefficient (Wildman–Crippen LogP) is 6.82. The van der Waals surface area contributed by atoms with Crippen LogP contribution < -0.4 is 19.6 Å². The summed E-state index contributed by atoms with van der Waals surface area (Å²) in [7, 11) is -2.74. The van der Waals surface area contributed by atoms with E-state index in [1.165, 1.54) is 54.7 Å². The molecule has 0 radical (unpaired) electrons. The number of carbonyl (C=O) groups excluding carboxylic acids is 4. The van der Waals surface area contributed by atoms with Crippen LogP contribution in [0.1, 0.15) is 58.2 Å². The molecule has 0 spiro atoms. The van der Waals surface area contributed by atoms with E-state index in [-0.39, 0.29) is 17.1 Å². The number of nitrogens with one attached hydrogen (secondary N) is 2. The number of ether oxygens (including phenoxy) is 4. The van der Waals surface area contributed by atoms with Crippen molar-refractivity contribution < 1.29 is 60.8 Å². The summed E-state index contributed by atoms with van der Waals surface area (Å²) < 4.78 is 50.5. The van der Waals surface area contributed by atoms with Crippen LogP contribution in [0.15, 0.2) is 113 Å². The zero-order valence-corrected chi connectivity index (χ0v) is 39.6. The SMILES string of the molecule is COC(=O)[C@H](Cc1ccc(-c2cccs2)cc1)NC(=O)OC(C)(C)C.COC(=O)[C@H](Cc1ccc(OS(=O)(=O)c2ccc(C)cc2)cc1)NC(=O)OC(C)(C)C.OB(O)c1cccs1. The lowest BCUT2D eigenvalue weighted by molar-refractivity contribution is -0.143. The summed E-state index contributed by atoms with van der Waals surface area (Å²) in [5, 5.41) is 25.9. The third-order valence-corrected chi connectivity index (χ3v) is 11.3. The summed E-state index contributed by atoms with van der Waals surface area (Å²) >= 11 is 3.00. The molecule has 5 aromatic rings. The van der Waals surface area contributed by atoms with E-state index < -0.39 is 64.6 Å². The molecule has 0 saturated heterocycles. The van der Waals surface area contributed by atoms with Crippen LogP contribution in [0.4, 0.5) is 9.59 Å². The molecule has 344 valence electrons. The number of thiophene rings is 2. The van der Waals surface area contributed by atoms with Gasteiger partial charge >= 0.3 is 41.4 Å². The molecule has 2 atom stereocenters. The molecule has 2 heterocycles. The average molecular weight is 939 g/mol. The van der Waals surface area contributed by atoms with Crippen molar-refractivity contribution >= 4 is 68.8 Å². The van der Waals surface area contributed by atoms with Gasteiger partial charge in [-0.15, -0.1) is 11.3 Å². The minimum atomic E-state index is -3.96. The Bertz CT molecular complexity index is 2320. The molecule has 5 rings (SSSR count). The monoisotopic (exact) mass is 938 g/mol. The Hall–Kier alpha value is -5.73. The van der Waals surface area contributed by atoms with E-state index in [1.54, 1.807) is 94.7 Å². The molecule has 4 N–H and O–H groups in total. The first-order valence-corrected chi connectivity index (χ1v) is 22.9. The number of hydrogen-bond donors (Lipinski definition) is 4. The van der Waals surface area contributed by atoms with Gasteiger partial charge in [-0.1, -0.05) is 72.3 Å². The Morgan fingerprint density at radius 2 is 1.11 bits per heavy atom. The second kappa shape index (κ2) is 24.4. The molecule has 0 aliphatic rings. The van der Waals surface area contributed by atoms with E-state index in [2.05, 4.69) is 16.7 Å². The van der Waals surface area contributed by atoms with Gasteiger partial charge < -0.3 is 43.8 Å². The van der Waals surface area contributed by atoms with Crippen molar-refractivity contribution in [3.8, 4) is 16.2 Å². The van der Waals surface area contributed by atoms with Gasteiger partial charge in [0.05, 0.1) is 14.2 Å². The maximum absolute atomic E-state index is 12.4. The van der Waals surface area contributed by atoms with Crippen LogP contribution in [0.3, 0.4) is 0 Å². The van der Waals surface area contributed by atoms with Crippen molar-refractivity contribution in [2.75, 3.05) is 14.2 Å². The Morgan fingerprint density at radius 3 is 1.48 bits per heavy atom. The van der Waals surface area contributed by atoms with Gasteiger partial charge in [0.25, 0.3) is 0 Å².